The first-order chi connectivity index (χ1) is 5.89. The van der Waals surface area contributed by atoms with E-state index in [1.807, 2.05) is 14.1 Å². The molecular weight excluding hydrogens is 164 g/mol. The molecule has 0 saturated heterocycles. The molecule has 1 aliphatic rings. The molecule has 0 amide bonds. The third kappa shape index (κ3) is 3.17. The fourth-order valence-electron chi connectivity index (χ4n) is 1.85. The molecule has 3 heteroatoms. The van der Waals surface area contributed by atoms with Crippen LogP contribution >= 0.6 is 0 Å². The van der Waals surface area contributed by atoms with E-state index in [9.17, 15) is 4.79 Å². The summed E-state index contributed by atoms with van der Waals surface area (Å²) in [6.45, 7) is 4.24. The first-order valence-electron chi connectivity index (χ1n) is 4.64. The number of rotatable bonds is 1. The van der Waals surface area contributed by atoms with Gasteiger partial charge >= 0.3 is 0 Å². The van der Waals surface area contributed by atoms with Gasteiger partial charge < -0.3 is 5.01 Å². The van der Waals surface area contributed by atoms with Gasteiger partial charge in [0.2, 0.25) is 0 Å². The molecule has 1 aliphatic carbocycles. The average Bonchev–Trinajstić information content (AvgIpc) is 1.78. The number of nitrogens with zero attached hydrogens (tertiary/aromatic N) is 2. The zero-order valence-electron chi connectivity index (χ0n) is 8.92. The van der Waals surface area contributed by atoms with Gasteiger partial charge in [-0.3, -0.25) is 4.79 Å². The van der Waals surface area contributed by atoms with Crippen LogP contribution in [0, 0.1) is 5.41 Å². The predicted octanol–water partition coefficient (Wildman–Crippen LogP) is 1.68. The lowest BCUT2D eigenvalue weighted by molar-refractivity contribution is -0.120. The molecule has 0 heterocycles. The van der Waals surface area contributed by atoms with Crippen molar-refractivity contribution in [2.45, 2.75) is 33.1 Å². The zero-order valence-corrected chi connectivity index (χ0v) is 8.92. The topological polar surface area (TPSA) is 32.7 Å². The van der Waals surface area contributed by atoms with E-state index in [0.717, 1.165) is 12.1 Å². The number of carbonyl (C=O) groups is 1. The fraction of sp³-hybridized carbons (Fsp3) is 0.800. The molecule has 0 atom stereocenters. The molecule has 0 bridgehead atoms. The van der Waals surface area contributed by atoms with Crippen LogP contribution in [0.5, 0.6) is 0 Å². The van der Waals surface area contributed by atoms with Crippen molar-refractivity contribution < 1.29 is 4.79 Å². The summed E-state index contributed by atoms with van der Waals surface area (Å²) in [7, 11) is 3.78. The maximum absolute atomic E-state index is 11.4. The molecule has 0 unspecified atom stereocenters. The average molecular weight is 182 g/mol. The number of hydrogen-bond acceptors (Lipinski definition) is 3. The Bertz CT molecular complexity index is 241. The SMILES string of the molecule is CN(C)/N=C1\CC(=O)CC(C)(C)C1. The summed E-state index contributed by atoms with van der Waals surface area (Å²) in [5.74, 6) is 0.317. The molecule has 0 aromatic heterocycles. The zero-order chi connectivity index (χ0) is 10.1. The second-order valence-electron chi connectivity index (χ2n) is 4.75. The Morgan fingerprint density at radius 2 is 1.92 bits per heavy atom. The Hall–Kier alpha value is -0.860. The Kier molecular flexibility index (Phi) is 2.74. The second kappa shape index (κ2) is 3.48. The van der Waals surface area contributed by atoms with Gasteiger partial charge in [-0.05, 0) is 11.8 Å². The highest BCUT2D eigenvalue weighted by Gasteiger charge is 2.30. The third-order valence-corrected chi connectivity index (χ3v) is 2.10. The maximum atomic E-state index is 11.4. The largest absolute Gasteiger partial charge is 0.303 e. The number of carbonyl (C=O) groups excluding carboxylic acids is 1. The van der Waals surface area contributed by atoms with Crippen molar-refractivity contribution >= 4 is 11.5 Å². The van der Waals surface area contributed by atoms with E-state index in [4.69, 9.17) is 0 Å². The number of hydrazone groups is 1. The fourth-order valence-corrected chi connectivity index (χ4v) is 1.85. The minimum Gasteiger partial charge on any atom is -0.303 e. The lowest BCUT2D eigenvalue weighted by Gasteiger charge is -2.29. The van der Waals surface area contributed by atoms with E-state index in [-0.39, 0.29) is 5.41 Å². The quantitative estimate of drug-likeness (QED) is 0.578. The molecule has 0 radical (unpaired) electrons. The molecule has 13 heavy (non-hydrogen) atoms. The van der Waals surface area contributed by atoms with Gasteiger partial charge in [0.15, 0.2) is 0 Å². The van der Waals surface area contributed by atoms with Crippen molar-refractivity contribution in [1.82, 2.24) is 5.01 Å². The molecule has 0 spiro atoms. The van der Waals surface area contributed by atoms with Crippen LogP contribution in [0.1, 0.15) is 33.1 Å². The molecule has 1 fully saturated rings. The Labute approximate surface area is 79.8 Å². The molecular formula is C10H18N2O. The Morgan fingerprint density at radius 3 is 2.38 bits per heavy atom. The van der Waals surface area contributed by atoms with Gasteiger partial charge in [0, 0.05) is 32.6 Å². The highest BCUT2D eigenvalue weighted by Crippen LogP contribution is 2.31. The summed E-state index contributed by atoms with van der Waals surface area (Å²) < 4.78 is 0. The number of Topliss-reactive ketones (excluding diaryl/α,β-unsaturated/α-hetero) is 1. The van der Waals surface area contributed by atoms with Crippen LogP contribution < -0.4 is 0 Å². The van der Waals surface area contributed by atoms with Crippen LogP contribution in [0.2, 0.25) is 0 Å². The molecule has 1 rings (SSSR count). The lowest BCUT2D eigenvalue weighted by Crippen LogP contribution is -2.30. The van der Waals surface area contributed by atoms with Gasteiger partial charge in [0.1, 0.15) is 5.78 Å². The van der Waals surface area contributed by atoms with E-state index < -0.39 is 0 Å². The first kappa shape index (κ1) is 10.2. The summed E-state index contributed by atoms with van der Waals surface area (Å²) >= 11 is 0. The minimum absolute atomic E-state index is 0.101. The normalized spacial score (nSPS) is 24.9. The van der Waals surface area contributed by atoms with Crippen LogP contribution in [-0.4, -0.2) is 30.6 Å². The summed E-state index contributed by atoms with van der Waals surface area (Å²) in [4.78, 5) is 11.4. The van der Waals surface area contributed by atoms with Crippen LogP contribution in [0.15, 0.2) is 5.10 Å². The Morgan fingerprint density at radius 1 is 1.31 bits per heavy atom. The summed E-state index contributed by atoms with van der Waals surface area (Å²) in [5.41, 5.74) is 1.12. The van der Waals surface area contributed by atoms with E-state index >= 15 is 0 Å². The summed E-state index contributed by atoms with van der Waals surface area (Å²) in [5, 5.41) is 6.08. The molecule has 0 aromatic rings. The van der Waals surface area contributed by atoms with E-state index in [1.165, 1.54) is 0 Å². The van der Waals surface area contributed by atoms with Gasteiger partial charge in [-0.25, -0.2) is 0 Å². The van der Waals surface area contributed by atoms with Crippen LogP contribution in [0.4, 0.5) is 0 Å². The number of hydrogen-bond donors (Lipinski definition) is 0. The molecule has 74 valence electrons. The molecule has 0 N–H and O–H groups in total. The molecule has 0 aliphatic heterocycles. The lowest BCUT2D eigenvalue weighted by atomic mass is 9.76. The van der Waals surface area contributed by atoms with Crippen molar-refractivity contribution in [2.24, 2.45) is 10.5 Å². The van der Waals surface area contributed by atoms with Crippen LogP contribution in [0.25, 0.3) is 0 Å². The smallest absolute Gasteiger partial charge is 0.139 e. The highest BCUT2D eigenvalue weighted by atomic mass is 16.1. The third-order valence-electron chi connectivity index (χ3n) is 2.10. The molecule has 3 nitrogen and oxygen atoms in total. The van der Waals surface area contributed by atoms with Crippen LogP contribution in [-0.2, 0) is 4.79 Å². The van der Waals surface area contributed by atoms with Crippen LogP contribution in [0.3, 0.4) is 0 Å². The summed E-state index contributed by atoms with van der Waals surface area (Å²) in [6.07, 6.45) is 2.18. The molecule has 1 saturated carbocycles. The predicted molar refractivity (Wildman–Crippen MR) is 53.8 cm³/mol. The van der Waals surface area contributed by atoms with E-state index in [1.54, 1.807) is 5.01 Å². The van der Waals surface area contributed by atoms with Gasteiger partial charge in [-0.15, -0.1) is 0 Å². The van der Waals surface area contributed by atoms with Crippen molar-refractivity contribution in [3.05, 3.63) is 0 Å². The number of ketones is 1. The standard InChI is InChI=1S/C10H18N2O/c1-10(2)6-8(11-12(3)4)5-9(13)7-10/h5-7H2,1-4H3/b11-8+. The van der Waals surface area contributed by atoms with Gasteiger partial charge in [0.25, 0.3) is 0 Å². The first-order valence-corrected chi connectivity index (χ1v) is 4.64. The minimum atomic E-state index is 0.101. The van der Waals surface area contributed by atoms with Crippen molar-refractivity contribution in [3.63, 3.8) is 0 Å². The van der Waals surface area contributed by atoms with E-state index in [0.29, 0.717) is 18.6 Å². The van der Waals surface area contributed by atoms with Crippen molar-refractivity contribution in [3.8, 4) is 0 Å². The maximum Gasteiger partial charge on any atom is 0.139 e. The van der Waals surface area contributed by atoms with Crippen molar-refractivity contribution in [2.75, 3.05) is 14.1 Å². The van der Waals surface area contributed by atoms with Crippen molar-refractivity contribution in [1.29, 1.82) is 0 Å². The Balaban J connectivity index is 2.74. The van der Waals surface area contributed by atoms with Gasteiger partial charge in [-0.1, -0.05) is 13.8 Å². The van der Waals surface area contributed by atoms with Gasteiger partial charge in [0.05, 0.1) is 0 Å². The highest BCUT2D eigenvalue weighted by molar-refractivity contribution is 6.04. The second-order valence-corrected chi connectivity index (χ2v) is 4.75. The monoisotopic (exact) mass is 182 g/mol. The van der Waals surface area contributed by atoms with Gasteiger partial charge in [-0.2, -0.15) is 5.10 Å². The van der Waals surface area contributed by atoms with E-state index in [2.05, 4.69) is 18.9 Å². The summed E-state index contributed by atoms with van der Waals surface area (Å²) in [6, 6.07) is 0. The molecule has 0 aromatic carbocycles.